The molecule has 0 fully saturated rings. The van der Waals surface area contributed by atoms with Crippen LogP contribution in [0.3, 0.4) is 0 Å². The van der Waals surface area contributed by atoms with Crippen LogP contribution in [-0.4, -0.2) is 4.57 Å². The zero-order valence-electron chi connectivity index (χ0n) is 11.0. The molecule has 1 aromatic heterocycles. The summed E-state index contributed by atoms with van der Waals surface area (Å²) >= 11 is 0. The van der Waals surface area contributed by atoms with E-state index in [1.165, 1.54) is 5.56 Å². The van der Waals surface area contributed by atoms with Gasteiger partial charge in [0.05, 0.1) is 24.1 Å². The van der Waals surface area contributed by atoms with Crippen LogP contribution in [-0.2, 0) is 11.3 Å². The molecular weight excluding hydrogens is 238 g/mol. The highest BCUT2D eigenvalue weighted by Gasteiger charge is 2.30. The zero-order valence-corrected chi connectivity index (χ0v) is 11.0. The number of rotatable bonds is 1. The van der Waals surface area contributed by atoms with Crippen molar-refractivity contribution in [2.75, 3.05) is 5.73 Å². The molecular formula is C15H15N3O. The monoisotopic (exact) mass is 253 g/mol. The third-order valence-corrected chi connectivity index (χ3v) is 3.62. The SMILES string of the molecule is Cc1ccc(-n2c(C#N)c(N)c3c2COC3C)cc1. The number of nitrogens with two attached hydrogens (primary N) is 1. The van der Waals surface area contributed by atoms with Crippen LogP contribution >= 0.6 is 0 Å². The molecule has 1 aliphatic heterocycles. The van der Waals surface area contributed by atoms with Crippen molar-refractivity contribution in [1.82, 2.24) is 4.57 Å². The first-order valence-corrected chi connectivity index (χ1v) is 6.25. The third-order valence-electron chi connectivity index (χ3n) is 3.62. The van der Waals surface area contributed by atoms with Gasteiger partial charge in [-0.05, 0) is 26.0 Å². The Kier molecular flexibility index (Phi) is 2.58. The molecule has 3 rings (SSSR count). The van der Waals surface area contributed by atoms with E-state index >= 15 is 0 Å². The Morgan fingerprint density at radius 3 is 2.68 bits per heavy atom. The molecule has 0 bridgehead atoms. The summed E-state index contributed by atoms with van der Waals surface area (Å²) in [5, 5.41) is 9.37. The van der Waals surface area contributed by atoms with Gasteiger partial charge in [-0.15, -0.1) is 0 Å². The lowest BCUT2D eigenvalue weighted by Gasteiger charge is -2.09. The molecule has 0 amide bonds. The number of aromatic nitrogens is 1. The minimum atomic E-state index is -0.0474. The van der Waals surface area contributed by atoms with Crippen LogP contribution in [0.25, 0.3) is 5.69 Å². The smallest absolute Gasteiger partial charge is 0.148 e. The van der Waals surface area contributed by atoms with E-state index in [2.05, 4.69) is 6.07 Å². The van der Waals surface area contributed by atoms with Gasteiger partial charge in [0.1, 0.15) is 11.8 Å². The Hall–Kier alpha value is -2.25. The summed E-state index contributed by atoms with van der Waals surface area (Å²) in [4.78, 5) is 0. The first-order chi connectivity index (χ1) is 9.13. The van der Waals surface area contributed by atoms with Gasteiger partial charge in [-0.25, -0.2) is 0 Å². The standard InChI is InChI=1S/C15H15N3O/c1-9-3-5-11(6-4-9)18-12(7-16)15(17)14-10(2)19-8-13(14)18/h3-6,10H,8,17H2,1-2H3. The van der Waals surface area contributed by atoms with Gasteiger partial charge in [0.25, 0.3) is 0 Å². The van der Waals surface area contributed by atoms with Crippen LogP contribution in [0.4, 0.5) is 5.69 Å². The van der Waals surface area contributed by atoms with E-state index in [1.807, 2.05) is 42.7 Å². The molecule has 2 heterocycles. The highest BCUT2D eigenvalue weighted by Crippen LogP contribution is 2.40. The summed E-state index contributed by atoms with van der Waals surface area (Å²) in [6.07, 6.45) is -0.0474. The predicted octanol–water partition coefficient (Wildman–Crippen LogP) is 2.83. The molecule has 0 radical (unpaired) electrons. The van der Waals surface area contributed by atoms with Gasteiger partial charge in [-0.2, -0.15) is 5.26 Å². The van der Waals surface area contributed by atoms with E-state index < -0.39 is 0 Å². The number of hydrogen-bond acceptors (Lipinski definition) is 3. The molecule has 1 aromatic carbocycles. The lowest BCUT2D eigenvalue weighted by atomic mass is 10.1. The van der Waals surface area contributed by atoms with E-state index in [4.69, 9.17) is 10.5 Å². The molecule has 0 spiro atoms. The number of ether oxygens (including phenoxy) is 1. The second-order valence-corrected chi connectivity index (χ2v) is 4.86. The lowest BCUT2D eigenvalue weighted by molar-refractivity contribution is 0.0778. The Labute approximate surface area is 112 Å². The fourth-order valence-corrected chi connectivity index (χ4v) is 2.63. The fourth-order valence-electron chi connectivity index (χ4n) is 2.63. The van der Waals surface area contributed by atoms with Crippen molar-refractivity contribution in [3.8, 4) is 11.8 Å². The maximum absolute atomic E-state index is 9.37. The van der Waals surface area contributed by atoms with Crippen molar-refractivity contribution >= 4 is 5.69 Å². The minimum absolute atomic E-state index is 0.0474. The number of hydrogen-bond donors (Lipinski definition) is 1. The van der Waals surface area contributed by atoms with Gasteiger partial charge in [0.2, 0.25) is 0 Å². The molecule has 1 unspecified atom stereocenters. The molecule has 19 heavy (non-hydrogen) atoms. The van der Waals surface area contributed by atoms with Crippen molar-refractivity contribution in [3.05, 3.63) is 46.8 Å². The van der Waals surface area contributed by atoms with Crippen molar-refractivity contribution in [3.63, 3.8) is 0 Å². The average Bonchev–Trinajstić information content (AvgIpc) is 2.90. The summed E-state index contributed by atoms with van der Waals surface area (Å²) in [6.45, 7) is 4.49. The molecule has 4 nitrogen and oxygen atoms in total. The minimum Gasteiger partial charge on any atom is -0.396 e. The Morgan fingerprint density at radius 2 is 2.05 bits per heavy atom. The number of anilines is 1. The molecule has 2 N–H and O–H groups in total. The van der Waals surface area contributed by atoms with Crippen LogP contribution in [0, 0.1) is 18.3 Å². The van der Waals surface area contributed by atoms with E-state index in [0.29, 0.717) is 18.0 Å². The number of aryl methyl sites for hydroxylation is 1. The Bertz CT molecular complexity index is 677. The van der Waals surface area contributed by atoms with E-state index in [-0.39, 0.29) is 6.10 Å². The van der Waals surface area contributed by atoms with E-state index in [0.717, 1.165) is 16.9 Å². The second-order valence-electron chi connectivity index (χ2n) is 4.86. The largest absolute Gasteiger partial charge is 0.396 e. The quantitative estimate of drug-likeness (QED) is 0.850. The molecule has 4 heteroatoms. The second kappa shape index (κ2) is 4.15. The van der Waals surface area contributed by atoms with Crippen molar-refractivity contribution in [1.29, 1.82) is 5.26 Å². The van der Waals surface area contributed by atoms with Crippen molar-refractivity contribution in [2.24, 2.45) is 0 Å². The van der Waals surface area contributed by atoms with Crippen LogP contribution in [0.2, 0.25) is 0 Å². The number of fused-ring (bicyclic) bond motifs is 1. The van der Waals surface area contributed by atoms with Gasteiger partial charge >= 0.3 is 0 Å². The van der Waals surface area contributed by atoms with Crippen molar-refractivity contribution < 1.29 is 4.74 Å². The highest BCUT2D eigenvalue weighted by atomic mass is 16.5. The fraction of sp³-hybridized carbons (Fsp3) is 0.267. The zero-order chi connectivity index (χ0) is 13.6. The number of nitriles is 1. The topological polar surface area (TPSA) is 64.0 Å². The van der Waals surface area contributed by atoms with Crippen LogP contribution in [0.1, 0.15) is 35.5 Å². The number of nitrogen functional groups attached to an aromatic ring is 1. The lowest BCUT2D eigenvalue weighted by Crippen LogP contribution is -2.03. The highest BCUT2D eigenvalue weighted by molar-refractivity contribution is 5.65. The molecule has 2 aromatic rings. The Balaban J connectivity index is 2.27. The third kappa shape index (κ3) is 1.63. The molecule has 0 saturated heterocycles. The van der Waals surface area contributed by atoms with Gasteiger partial charge in [0.15, 0.2) is 0 Å². The normalized spacial score (nSPS) is 17.2. The number of benzene rings is 1. The molecule has 1 atom stereocenters. The van der Waals surface area contributed by atoms with Crippen LogP contribution in [0.5, 0.6) is 0 Å². The predicted molar refractivity (Wildman–Crippen MR) is 72.8 cm³/mol. The molecule has 1 aliphatic rings. The van der Waals surface area contributed by atoms with Crippen LogP contribution < -0.4 is 5.73 Å². The van der Waals surface area contributed by atoms with Gasteiger partial charge in [-0.3, -0.25) is 0 Å². The summed E-state index contributed by atoms with van der Waals surface area (Å²) in [7, 11) is 0. The molecule has 0 aliphatic carbocycles. The van der Waals surface area contributed by atoms with Gasteiger partial charge in [0, 0.05) is 11.3 Å². The van der Waals surface area contributed by atoms with Gasteiger partial charge < -0.3 is 15.0 Å². The molecule has 0 saturated carbocycles. The maximum Gasteiger partial charge on any atom is 0.148 e. The maximum atomic E-state index is 9.37. The number of nitrogens with zero attached hydrogens (tertiary/aromatic N) is 2. The molecule has 96 valence electrons. The first-order valence-electron chi connectivity index (χ1n) is 6.25. The van der Waals surface area contributed by atoms with E-state index in [9.17, 15) is 5.26 Å². The first kappa shape index (κ1) is 11.8. The van der Waals surface area contributed by atoms with Gasteiger partial charge in [-0.1, -0.05) is 17.7 Å². The summed E-state index contributed by atoms with van der Waals surface area (Å²) in [6, 6.07) is 10.3. The average molecular weight is 253 g/mol. The summed E-state index contributed by atoms with van der Waals surface area (Å²) < 4.78 is 7.53. The summed E-state index contributed by atoms with van der Waals surface area (Å²) in [5.74, 6) is 0. The summed E-state index contributed by atoms with van der Waals surface area (Å²) in [5.41, 5.74) is 11.2. The Morgan fingerprint density at radius 1 is 1.37 bits per heavy atom. The van der Waals surface area contributed by atoms with Crippen molar-refractivity contribution in [2.45, 2.75) is 26.6 Å². The van der Waals surface area contributed by atoms with Crippen LogP contribution in [0.15, 0.2) is 24.3 Å². The van der Waals surface area contributed by atoms with E-state index in [1.54, 1.807) is 0 Å².